The lowest BCUT2D eigenvalue weighted by Crippen LogP contribution is -2.22. The largest absolute Gasteiger partial charge is 0.331 e. The van der Waals surface area contributed by atoms with E-state index in [0.717, 1.165) is 28.0 Å². The molecule has 0 radical (unpaired) electrons. The number of urea groups is 1. The Kier molecular flexibility index (Phi) is 6.89. The van der Waals surface area contributed by atoms with Gasteiger partial charge in [-0.1, -0.05) is 62.3 Å². The lowest BCUT2D eigenvalue weighted by Gasteiger charge is -2.27. The molecule has 4 aromatic rings. The minimum atomic E-state index is -0.290. The summed E-state index contributed by atoms with van der Waals surface area (Å²) < 4.78 is 6.06. The Labute approximate surface area is 190 Å². The number of aromatic nitrogens is 3. The second-order valence-corrected chi connectivity index (χ2v) is 9.16. The zero-order valence-electron chi connectivity index (χ0n) is 17.5. The molecule has 0 bridgehead atoms. The van der Waals surface area contributed by atoms with Crippen molar-refractivity contribution in [2.24, 2.45) is 5.92 Å². The van der Waals surface area contributed by atoms with E-state index < -0.39 is 0 Å². The quantitative estimate of drug-likeness (QED) is 0.306. The zero-order chi connectivity index (χ0) is 21.6. The predicted octanol–water partition coefficient (Wildman–Crippen LogP) is 6.35. The topological polar surface area (TPSA) is 71.8 Å². The second-order valence-electron chi connectivity index (χ2n) is 7.25. The minimum Gasteiger partial charge on any atom is -0.330 e. The molecule has 2 aromatic heterocycles. The molecule has 0 aliphatic carbocycles. The van der Waals surface area contributed by atoms with Crippen molar-refractivity contribution in [1.82, 2.24) is 19.3 Å². The second kappa shape index (κ2) is 9.98. The molecule has 0 fully saturated rings. The van der Waals surface area contributed by atoms with Crippen molar-refractivity contribution in [2.45, 2.75) is 37.6 Å². The number of carbonyl (C=O) groups is 1. The summed E-state index contributed by atoms with van der Waals surface area (Å²) in [7, 11) is 0. The standard InChI is InChI=1S/C23H25N5OS2/c1-3-16(4-2)21(28-14-13-24-15-28)17-9-11-18(12-10-17)31-27-22(29)26-23-25-19-7-5-6-8-20(19)30-23/h5-16,21H,3-4H2,1-2H3,(H2,25,26,27,29). The first-order valence-electron chi connectivity index (χ1n) is 10.3. The average molecular weight is 452 g/mol. The van der Waals surface area contributed by atoms with Crippen LogP contribution in [0.25, 0.3) is 10.2 Å². The van der Waals surface area contributed by atoms with Crippen molar-refractivity contribution in [2.75, 3.05) is 5.32 Å². The predicted molar refractivity (Wildman–Crippen MR) is 129 cm³/mol. The lowest BCUT2D eigenvalue weighted by atomic mass is 9.88. The van der Waals surface area contributed by atoms with Gasteiger partial charge >= 0.3 is 6.03 Å². The molecule has 2 aromatic carbocycles. The highest BCUT2D eigenvalue weighted by molar-refractivity contribution is 7.98. The first kappa shape index (κ1) is 21.4. The third kappa shape index (κ3) is 5.08. The van der Waals surface area contributed by atoms with Crippen LogP contribution in [0.2, 0.25) is 0 Å². The number of hydrogen-bond donors (Lipinski definition) is 2. The Balaban J connectivity index is 1.39. The number of carbonyl (C=O) groups excluding carboxylic acids is 1. The van der Waals surface area contributed by atoms with Gasteiger partial charge in [0.1, 0.15) is 0 Å². The number of rotatable bonds is 8. The molecule has 4 rings (SSSR count). The van der Waals surface area contributed by atoms with Crippen LogP contribution >= 0.6 is 23.3 Å². The summed E-state index contributed by atoms with van der Waals surface area (Å²) >= 11 is 2.75. The summed E-state index contributed by atoms with van der Waals surface area (Å²) in [5, 5.41) is 3.39. The van der Waals surface area contributed by atoms with Gasteiger partial charge in [-0.05, 0) is 47.7 Å². The molecule has 0 saturated carbocycles. The van der Waals surface area contributed by atoms with Crippen molar-refractivity contribution in [3.05, 3.63) is 72.8 Å². The molecule has 6 nitrogen and oxygen atoms in total. The van der Waals surface area contributed by atoms with Crippen LogP contribution < -0.4 is 10.0 Å². The number of nitrogens with one attached hydrogen (secondary N) is 2. The average Bonchev–Trinajstić information content (AvgIpc) is 3.46. The van der Waals surface area contributed by atoms with Gasteiger partial charge in [-0.2, -0.15) is 0 Å². The number of imidazole rings is 1. The fourth-order valence-electron chi connectivity index (χ4n) is 3.74. The van der Waals surface area contributed by atoms with E-state index in [2.05, 4.69) is 50.6 Å². The van der Waals surface area contributed by atoms with E-state index in [4.69, 9.17) is 0 Å². The van der Waals surface area contributed by atoms with Crippen LogP contribution in [0.15, 0.2) is 72.1 Å². The van der Waals surface area contributed by atoms with Crippen LogP contribution in [0.4, 0.5) is 9.93 Å². The van der Waals surface area contributed by atoms with E-state index in [1.807, 2.05) is 55.1 Å². The van der Waals surface area contributed by atoms with Gasteiger partial charge in [0.05, 0.1) is 22.6 Å². The summed E-state index contributed by atoms with van der Waals surface area (Å²) in [6.07, 6.45) is 7.94. The molecule has 1 atom stereocenters. The van der Waals surface area contributed by atoms with Crippen molar-refractivity contribution in [3.8, 4) is 0 Å². The van der Waals surface area contributed by atoms with Crippen molar-refractivity contribution in [3.63, 3.8) is 0 Å². The monoisotopic (exact) mass is 451 g/mol. The van der Waals surface area contributed by atoms with Gasteiger partial charge in [-0.25, -0.2) is 14.8 Å². The highest BCUT2D eigenvalue weighted by Crippen LogP contribution is 2.32. The Hall–Kier alpha value is -2.84. The van der Waals surface area contributed by atoms with E-state index in [-0.39, 0.29) is 12.1 Å². The molecule has 0 aliphatic rings. The summed E-state index contributed by atoms with van der Waals surface area (Å²) in [4.78, 5) is 21.9. The molecule has 1 unspecified atom stereocenters. The zero-order valence-corrected chi connectivity index (χ0v) is 19.1. The Morgan fingerprint density at radius 3 is 2.58 bits per heavy atom. The highest BCUT2D eigenvalue weighted by atomic mass is 32.2. The number of anilines is 1. The van der Waals surface area contributed by atoms with Crippen LogP contribution in [-0.4, -0.2) is 20.6 Å². The van der Waals surface area contributed by atoms with Gasteiger partial charge < -0.3 is 4.57 Å². The molecule has 0 spiro atoms. The summed E-state index contributed by atoms with van der Waals surface area (Å²) in [5.41, 5.74) is 2.13. The lowest BCUT2D eigenvalue weighted by molar-refractivity contribution is 0.257. The fraction of sp³-hybridized carbons (Fsp3) is 0.261. The molecule has 0 aliphatic heterocycles. The maximum atomic E-state index is 12.3. The third-order valence-corrected chi connectivity index (χ3v) is 7.09. The molecule has 31 heavy (non-hydrogen) atoms. The van der Waals surface area contributed by atoms with Crippen LogP contribution in [0.3, 0.4) is 0 Å². The molecule has 8 heteroatoms. The molecular weight excluding hydrogens is 426 g/mol. The number of benzene rings is 2. The van der Waals surface area contributed by atoms with Gasteiger partial charge in [0.25, 0.3) is 0 Å². The summed E-state index contributed by atoms with van der Waals surface area (Å²) in [6.45, 7) is 4.46. The van der Waals surface area contributed by atoms with Gasteiger partial charge in [-0.3, -0.25) is 10.0 Å². The summed E-state index contributed by atoms with van der Waals surface area (Å²) in [5.74, 6) is 0.533. The molecule has 2 heterocycles. The Morgan fingerprint density at radius 1 is 1.13 bits per heavy atom. The van der Waals surface area contributed by atoms with E-state index in [1.165, 1.54) is 28.8 Å². The van der Waals surface area contributed by atoms with E-state index in [1.54, 1.807) is 0 Å². The number of fused-ring (bicyclic) bond motifs is 1. The fourth-order valence-corrected chi connectivity index (χ4v) is 5.14. The van der Waals surface area contributed by atoms with Crippen LogP contribution in [-0.2, 0) is 0 Å². The highest BCUT2D eigenvalue weighted by Gasteiger charge is 2.22. The SMILES string of the molecule is CCC(CC)C(c1ccc(SNC(=O)Nc2nc3ccccc3s2)cc1)n1ccnc1. The van der Waals surface area contributed by atoms with Crippen molar-refractivity contribution < 1.29 is 4.79 Å². The van der Waals surface area contributed by atoms with Gasteiger partial charge in [0, 0.05) is 17.3 Å². The van der Waals surface area contributed by atoms with Crippen molar-refractivity contribution >= 4 is 44.7 Å². The van der Waals surface area contributed by atoms with Gasteiger partial charge in [-0.15, -0.1) is 0 Å². The van der Waals surface area contributed by atoms with E-state index in [0.29, 0.717) is 11.0 Å². The van der Waals surface area contributed by atoms with Crippen LogP contribution in [0.1, 0.15) is 38.3 Å². The van der Waals surface area contributed by atoms with E-state index >= 15 is 0 Å². The number of amides is 2. The number of thiazole rings is 1. The molecule has 160 valence electrons. The normalized spacial score (nSPS) is 12.2. The summed E-state index contributed by atoms with van der Waals surface area (Å²) in [6, 6.07) is 16.2. The van der Waals surface area contributed by atoms with Gasteiger partial charge in [0.2, 0.25) is 0 Å². The number of para-hydroxylation sites is 1. The molecular formula is C23H25N5OS2. The smallest absolute Gasteiger partial charge is 0.330 e. The molecule has 2 N–H and O–H groups in total. The maximum Gasteiger partial charge on any atom is 0.331 e. The number of hydrogen-bond acceptors (Lipinski definition) is 5. The van der Waals surface area contributed by atoms with E-state index in [9.17, 15) is 4.79 Å². The third-order valence-electron chi connectivity index (χ3n) is 5.34. The maximum absolute atomic E-state index is 12.3. The van der Waals surface area contributed by atoms with Crippen molar-refractivity contribution in [1.29, 1.82) is 0 Å². The Morgan fingerprint density at radius 2 is 1.90 bits per heavy atom. The first-order valence-corrected chi connectivity index (χ1v) is 12.0. The van der Waals surface area contributed by atoms with Crippen LogP contribution in [0.5, 0.6) is 0 Å². The Bertz CT molecular complexity index is 1090. The first-order chi connectivity index (χ1) is 15.2. The van der Waals surface area contributed by atoms with Crippen LogP contribution in [0, 0.1) is 5.92 Å². The number of nitrogens with zero attached hydrogens (tertiary/aromatic N) is 3. The minimum absolute atomic E-state index is 0.256. The molecule has 2 amide bonds. The van der Waals surface area contributed by atoms with Gasteiger partial charge in [0.15, 0.2) is 5.13 Å². The molecule has 0 saturated heterocycles.